The second-order valence-corrected chi connectivity index (χ2v) is 18.2. The monoisotopic (exact) mass is 918 g/mol. The Morgan fingerprint density at radius 3 is 1.03 bits per heavy atom. The lowest BCUT2D eigenvalue weighted by Crippen LogP contribution is -2.12. The molecule has 0 radical (unpaired) electrons. The van der Waals surface area contributed by atoms with Crippen molar-refractivity contribution in [2.75, 3.05) is 9.80 Å². The zero-order chi connectivity index (χ0) is 47.8. The van der Waals surface area contributed by atoms with Crippen LogP contribution in [-0.4, -0.2) is 9.97 Å². The minimum absolute atomic E-state index is 0.995. The van der Waals surface area contributed by atoms with Gasteiger partial charge in [0.2, 0.25) is 0 Å². The van der Waals surface area contributed by atoms with Gasteiger partial charge in [-0.25, -0.2) is 0 Å². The largest absolute Gasteiger partial charge is 0.311 e. The smallest absolute Gasteiger partial charge is 0.0702 e. The van der Waals surface area contributed by atoms with E-state index in [1.54, 1.807) is 0 Å². The van der Waals surface area contributed by atoms with Crippen LogP contribution in [0, 0.1) is 0 Å². The van der Waals surface area contributed by atoms with E-state index in [0.717, 1.165) is 67.1 Å². The van der Waals surface area contributed by atoms with Gasteiger partial charge in [0.25, 0.3) is 0 Å². The molecular formula is C68H46N4. The SMILES string of the molecule is c1ccc(N(c2ccccc2)c2ccc(N(c3ccccc3)c3ccc4c(-c5ccc(-c6ccc7ncccc7c6)cc5)c5ccccc5c(-c5ccc(-c6ccc7ncccc7c6)cc5)c4c3)cc2)cc1. The third kappa shape index (κ3) is 7.87. The molecule has 0 N–H and O–H groups in total. The Morgan fingerprint density at radius 1 is 0.222 bits per heavy atom. The van der Waals surface area contributed by atoms with Crippen molar-refractivity contribution in [3.63, 3.8) is 0 Å². The number of rotatable bonds is 10. The van der Waals surface area contributed by atoms with Gasteiger partial charge in [-0.05, 0) is 175 Å². The van der Waals surface area contributed by atoms with E-state index in [4.69, 9.17) is 0 Å². The maximum Gasteiger partial charge on any atom is 0.0702 e. The second kappa shape index (κ2) is 18.4. The van der Waals surface area contributed by atoms with E-state index in [2.05, 4.69) is 275 Å². The molecule has 0 saturated carbocycles. The molecule has 0 atom stereocenters. The van der Waals surface area contributed by atoms with Crippen LogP contribution in [0.25, 0.3) is 87.9 Å². The van der Waals surface area contributed by atoms with Gasteiger partial charge in [0, 0.05) is 57.3 Å². The predicted octanol–water partition coefficient (Wildman–Crippen LogP) is 18.7. The Labute approximate surface area is 419 Å². The average molecular weight is 919 g/mol. The molecule has 13 rings (SSSR count). The van der Waals surface area contributed by atoms with E-state index in [1.807, 2.05) is 24.5 Å². The third-order valence-corrected chi connectivity index (χ3v) is 13.9. The van der Waals surface area contributed by atoms with Crippen LogP contribution in [0.3, 0.4) is 0 Å². The Kier molecular flexibility index (Phi) is 10.8. The van der Waals surface area contributed by atoms with Crippen LogP contribution >= 0.6 is 0 Å². The average Bonchev–Trinajstić information content (AvgIpc) is 3.46. The van der Waals surface area contributed by atoms with Crippen LogP contribution in [0.15, 0.2) is 279 Å². The fourth-order valence-corrected chi connectivity index (χ4v) is 10.5. The van der Waals surface area contributed by atoms with Crippen LogP contribution in [0.5, 0.6) is 0 Å². The van der Waals surface area contributed by atoms with E-state index in [-0.39, 0.29) is 0 Å². The van der Waals surface area contributed by atoms with Crippen molar-refractivity contribution in [2.24, 2.45) is 0 Å². The highest BCUT2D eigenvalue weighted by molar-refractivity contribution is 6.22. The first-order valence-corrected chi connectivity index (χ1v) is 24.5. The molecule has 0 aliphatic heterocycles. The summed E-state index contributed by atoms with van der Waals surface area (Å²) in [4.78, 5) is 13.8. The van der Waals surface area contributed by atoms with E-state index in [9.17, 15) is 0 Å². The van der Waals surface area contributed by atoms with Crippen molar-refractivity contribution in [3.05, 3.63) is 279 Å². The Bertz CT molecular complexity index is 4020. The van der Waals surface area contributed by atoms with Crippen molar-refractivity contribution < 1.29 is 0 Å². The molecule has 0 amide bonds. The molecule has 338 valence electrons. The van der Waals surface area contributed by atoms with Gasteiger partial charge in [-0.1, -0.05) is 158 Å². The first-order chi connectivity index (χ1) is 35.7. The van der Waals surface area contributed by atoms with Crippen LogP contribution in [0.2, 0.25) is 0 Å². The maximum atomic E-state index is 4.57. The van der Waals surface area contributed by atoms with Gasteiger partial charge < -0.3 is 9.80 Å². The summed E-state index contributed by atoms with van der Waals surface area (Å²) in [5, 5.41) is 7.03. The summed E-state index contributed by atoms with van der Waals surface area (Å²) in [6.07, 6.45) is 3.70. The topological polar surface area (TPSA) is 32.3 Å². The van der Waals surface area contributed by atoms with E-state index in [1.165, 1.54) is 54.9 Å². The number of hydrogen-bond donors (Lipinski definition) is 0. The molecule has 2 heterocycles. The zero-order valence-corrected chi connectivity index (χ0v) is 39.3. The molecule has 4 nitrogen and oxygen atoms in total. The molecule has 0 unspecified atom stereocenters. The molecule has 0 spiro atoms. The van der Waals surface area contributed by atoms with Gasteiger partial charge in [0.1, 0.15) is 0 Å². The summed E-state index contributed by atoms with van der Waals surface area (Å²) in [5.74, 6) is 0. The van der Waals surface area contributed by atoms with Crippen molar-refractivity contribution in [1.29, 1.82) is 0 Å². The number of aromatic nitrogens is 2. The zero-order valence-electron chi connectivity index (χ0n) is 39.3. The summed E-state index contributed by atoms with van der Waals surface area (Å²) in [5.41, 5.74) is 17.9. The molecule has 2 aromatic heterocycles. The Hall–Kier alpha value is -9.64. The third-order valence-electron chi connectivity index (χ3n) is 13.9. The second-order valence-electron chi connectivity index (χ2n) is 18.2. The summed E-state index contributed by atoms with van der Waals surface area (Å²) in [7, 11) is 0. The molecule has 13 aromatic rings. The molecule has 4 heteroatoms. The first-order valence-electron chi connectivity index (χ1n) is 24.5. The molecule has 0 aliphatic carbocycles. The van der Waals surface area contributed by atoms with Gasteiger partial charge in [-0.15, -0.1) is 0 Å². The maximum absolute atomic E-state index is 4.57. The number of fused-ring (bicyclic) bond motifs is 4. The van der Waals surface area contributed by atoms with E-state index >= 15 is 0 Å². The Morgan fingerprint density at radius 2 is 0.569 bits per heavy atom. The van der Waals surface area contributed by atoms with Crippen LogP contribution in [0.4, 0.5) is 34.1 Å². The van der Waals surface area contributed by atoms with Crippen LogP contribution in [0.1, 0.15) is 0 Å². The van der Waals surface area contributed by atoms with Crippen molar-refractivity contribution in [2.45, 2.75) is 0 Å². The van der Waals surface area contributed by atoms with Gasteiger partial charge in [-0.2, -0.15) is 0 Å². The van der Waals surface area contributed by atoms with Crippen molar-refractivity contribution in [3.8, 4) is 44.5 Å². The van der Waals surface area contributed by atoms with E-state index < -0.39 is 0 Å². The van der Waals surface area contributed by atoms with Crippen LogP contribution in [-0.2, 0) is 0 Å². The number of hydrogen-bond acceptors (Lipinski definition) is 4. The molecular weight excluding hydrogens is 873 g/mol. The fourth-order valence-electron chi connectivity index (χ4n) is 10.5. The minimum atomic E-state index is 0.995. The lowest BCUT2D eigenvalue weighted by atomic mass is 9.85. The summed E-state index contributed by atoms with van der Waals surface area (Å²) >= 11 is 0. The highest BCUT2D eigenvalue weighted by atomic mass is 15.2. The summed E-state index contributed by atoms with van der Waals surface area (Å²) in [6.45, 7) is 0. The normalized spacial score (nSPS) is 11.3. The molecule has 0 saturated heterocycles. The van der Waals surface area contributed by atoms with Gasteiger partial charge in [0.15, 0.2) is 0 Å². The molecule has 0 fully saturated rings. The molecule has 11 aromatic carbocycles. The molecule has 72 heavy (non-hydrogen) atoms. The predicted molar refractivity (Wildman–Crippen MR) is 303 cm³/mol. The number of pyridine rings is 2. The van der Waals surface area contributed by atoms with E-state index in [0.29, 0.717) is 0 Å². The highest BCUT2D eigenvalue weighted by Crippen LogP contribution is 2.47. The number of anilines is 6. The molecule has 0 aliphatic rings. The van der Waals surface area contributed by atoms with Gasteiger partial charge in [-0.3, -0.25) is 9.97 Å². The quantitative estimate of drug-likeness (QED) is 0.128. The number of nitrogens with zero attached hydrogens (tertiary/aromatic N) is 4. The summed E-state index contributed by atoms with van der Waals surface area (Å²) < 4.78 is 0. The van der Waals surface area contributed by atoms with Gasteiger partial charge in [0.05, 0.1) is 11.0 Å². The van der Waals surface area contributed by atoms with Gasteiger partial charge >= 0.3 is 0 Å². The Balaban J connectivity index is 0.984. The minimum Gasteiger partial charge on any atom is -0.311 e. The van der Waals surface area contributed by atoms with Crippen LogP contribution < -0.4 is 9.80 Å². The lowest BCUT2D eigenvalue weighted by molar-refractivity contribution is 1.26. The van der Waals surface area contributed by atoms with Crippen molar-refractivity contribution >= 4 is 77.5 Å². The number of benzene rings is 11. The lowest BCUT2D eigenvalue weighted by Gasteiger charge is -2.29. The van der Waals surface area contributed by atoms with Crippen molar-refractivity contribution in [1.82, 2.24) is 9.97 Å². The highest BCUT2D eigenvalue weighted by Gasteiger charge is 2.21. The standard InChI is InChI=1S/C68H46N4/c1-4-16-55(17-5-1)71(56-18-6-2-7-19-56)58-34-36-59(37-35-58)72(57-20-8-3-9-21-57)60-38-39-63-64(46-60)68(50-30-26-48(27-31-50)52-33-41-66-54(45-52)15-13-43-70-66)62-23-11-10-22-61(62)67(63)49-28-24-47(25-29-49)51-32-40-65-53(44-51)14-12-42-69-65/h1-46H. The molecule has 0 bridgehead atoms. The summed E-state index contributed by atoms with van der Waals surface area (Å²) in [6, 6.07) is 96.3. The fraction of sp³-hybridized carbons (Fsp3) is 0. The first kappa shape index (κ1) is 42.5. The number of para-hydroxylation sites is 3.